The molecular weight excluding hydrogens is 324 g/mol. The molecule has 2 heterocycles. The van der Waals surface area contributed by atoms with E-state index in [1.54, 1.807) is 6.20 Å². The van der Waals surface area contributed by atoms with E-state index in [1.807, 2.05) is 18.2 Å². The third-order valence-electron chi connectivity index (χ3n) is 1.92. The van der Waals surface area contributed by atoms with Crippen LogP contribution in [0.1, 0.15) is 5.76 Å². The van der Waals surface area contributed by atoms with Crippen molar-refractivity contribution in [3.63, 3.8) is 0 Å². The monoisotopic (exact) mass is 330 g/mol. The van der Waals surface area contributed by atoms with Crippen molar-refractivity contribution in [3.8, 4) is 11.3 Å². The Balaban J connectivity index is 2.25. The molecule has 0 aliphatic carbocycles. The Morgan fingerprint density at radius 1 is 1.33 bits per heavy atom. The average Bonchev–Trinajstić information content (AvgIpc) is 2.68. The van der Waals surface area contributed by atoms with Crippen molar-refractivity contribution in [1.29, 1.82) is 0 Å². The third kappa shape index (κ3) is 2.66. The molecule has 3 nitrogen and oxygen atoms in total. The number of nitrogens with zero attached hydrogens (tertiary/aromatic N) is 2. The normalized spacial score (nSPS) is 10.5. The van der Waals surface area contributed by atoms with Gasteiger partial charge in [0.15, 0.2) is 0 Å². The number of hydrogen-bond donors (Lipinski definition) is 0. The fraction of sp³-hybridized carbons (Fsp3) is 0.200. The van der Waals surface area contributed by atoms with Crippen molar-refractivity contribution in [2.45, 2.75) is 6.42 Å². The molecule has 0 aliphatic rings. The van der Waals surface area contributed by atoms with Gasteiger partial charge in [-0.25, -0.2) is 4.98 Å². The summed E-state index contributed by atoms with van der Waals surface area (Å²) >= 11 is 6.64. The summed E-state index contributed by atoms with van der Waals surface area (Å²) < 4.78 is 5.99. The van der Waals surface area contributed by atoms with Gasteiger partial charge in [-0.15, -0.1) is 0 Å². The Morgan fingerprint density at radius 2 is 2.20 bits per heavy atom. The molecule has 2 aromatic heterocycles. The van der Waals surface area contributed by atoms with Gasteiger partial charge >= 0.3 is 0 Å². The highest BCUT2D eigenvalue weighted by Gasteiger charge is 2.05. The number of aromatic nitrogens is 2. The molecule has 0 aliphatic heterocycles. The first kappa shape index (κ1) is 10.8. The van der Waals surface area contributed by atoms with Gasteiger partial charge in [-0.05, 0) is 28.1 Å². The first-order valence-corrected chi connectivity index (χ1v) is 6.34. The average molecular weight is 332 g/mol. The third-order valence-corrected chi connectivity index (χ3v) is 2.79. The highest BCUT2D eigenvalue weighted by molar-refractivity contribution is 9.10. The van der Waals surface area contributed by atoms with Crippen LogP contribution in [0.2, 0.25) is 0 Å². The van der Waals surface area contributed by atoms with Crippen LogP contribution in [-0.4, -0.2) is 15.5 Å². The van der Waals surface area contributed by atoms with Gasteiger partial charge in [-0.3, -0.25) is 0 Å². The molecule has 0 spiro atoms. The molecule has 0 bridgehead atoms. The van der Waals surface area contributed by atoms with Gasteiger partial charge in [0.25, 0.3) is 0 Å². The van der Waals surface area contributed by atoms with E-state index >= 15 is 0 Å². The van der Waals surface area contributed by atoms with Crippen LogP contribution in [0.25, 0.3) is 11.3 Å². The molecule has 2 rings (SSSR count). The van der Waals surface area contributed by atoms with Crippen LogP contribution in [0.15, 0.2) is 33.5 Å². The maximum atomic E-state index is 5.17. The lowest BCUT2D eigenvalue weighted by Crippen LogP contribution is -1.80. The van der Waals surface area contributed by atoms with Crippen molar-refractivity contribution in [2.24, 2.45) is 0 Å². The minimum absolute atomic E-state index is 0.815. The number of alkyl halides is 1. The molecule has 5 heteroatoms. The molecule has 0 N–H and O–H groups in total. The zero-order chi connectivity index (χ0) is 10.7. The first-order valence-electron chi connectivity index (χ1n) is 4.43. The molecule has 15 heavy (non-hydrogen) atoms. The highest BCUT2D eigenvalue weighted by atomic mass is 79.9. The maximum Gasteiger partial charge on any atom is 0.138 e. The van der Waals surface area contributed by atoms with E-state index in [2.05, 4.69) is 42.0 Å². The molecule has 0 saturated heterocycles. The molecular formula is C10H8Br2N2O. The zero-order valence-corrected chi connectivity index (χ0v) is 11.0. The van der Waals surface area contributed by atoms with E-state index in [0.717, 1.165) is 33.4 Å². The Morgan fingerprint density at radius 3 is 2.87 bits per heavy atom. The van der Waals surface area contributed by atoms with Crippen molar-refractivity contribution in [2.75, 3.05) is 5.33 Å². The van der Waals surface area contributed by atoms with Gasteiger partial charge in [-0.1, -0.05) is 21.1 Å². The molecule has 2 aromatic rings. The largest absolute Gasteiger partial charge is 0.361 e. The van der Waals surface area contributed by atoms with E-state index in [0.29, 0.717) is 0 Å². The Hall–Kier alpha value is -0.680. The highest BCUT2D eigenvalue weighted by Crippen LogP contribution is 2.20. The summed E-state index contributed by atoms with van der Waals surface area (Å²) in [6, 6.07) is 5.77. The Bertz CT molecular complexity index is 439. The lowest BCUT2D eigenvalue weighted by molar-refractivity contribution is 0.390. The second-order valence-corrected chi connectivity index (χ2v) is 4.59. The SMILES string of the molecule is BrCCc1cc(-c2ccc(Br)nc2)no1. The summed E-state index contributed by atoms with van der Waals surface area (Å²) in [6.45, 7) is 0. The minimum Gasteiger partial charge on any atom is -0.361 e. The summed E-state index contributed by atoms with van der Waals surface area (Å²) in [7, 11) is 0. The van der Waals surface area contributed by atoms with Crippen molar-refractivity contribution in [3.05, 3.63) is 34.8 Å². The van der Waals surface area contributed by atoms with E-state index in [-0.39, 0.29) is 0 Å². The summed E-state index contributed by atoms with van der Waals surface area (Å²) in [5.74, 6) is 0.879. The summed E-state index contributed by atoms with van der Waals surface area (Å²) in [5, 5.41) is 4.86. The lowest BCUT2D eigenvalue weighted by atomic mass is 10.2. The van der Waals surface area contributed by atoms with Crippen LogP contribution in [0.3, 0.4) is 0 Å². The number of hydrogen-bond acceptors (Lipinski definition) is 3. The molecule has 0 atom stereocenters. The fourth-order valence-electron chi connectivity index (χ4n) is 1.19. The van der Waals surface area contributed by atoms with Gasteiger partial charge in [-0.2, -0.15) is 0 Å². The summed E-state index contributed by atoms with van der Waals surface area (Å²) in [6.07, 6.45) is 2.61. The molecule has 0 fully saturated rings. The van der Waals surface area contributed by atoms with E-state index in [1.165, 1.54) is 0 Å². The van der Waals surface area contributed by atoms with Crippen LogP contribution in [0.5, 0.6) is 0 Å². The van der Waals surface area contributed by atoms with Crippen molar-refractivity contribution >= 4 is 31.9 Å². The molecule has 0 radical (unpaired) electrons. The fourth-order valence-corrected chi connectivity index (χ4v) is 1.81. The van der Waals surface area contributed by atoms with E-state index in [9.17, 15) is 0 Å². The summed E-state index contributed by atoms with van der Waals surface area (Å²) in [4.78, 5) is 4.14. The summed E-state index contributed by atoms with van der Waals surface area (Å²) in [5.41, 5.74) is 1.79. The van der Waals surface area contributed by atoms with Crippen LogP contribution in [-0.2, 0) is 6.42 Å². The molecule has 0 saturated carbocycles. The predicted octanol–water partition coefficient (Wildman–Crippen LogP) is 3.44. The van der Waals surface area contributed by atoms with Gasteiger partial charge < -0.3 is 4.52 Å². The maximum absolute atomic E-state index is 5.17. The Kier molecular flexibility index (Phi) is 3.53. The van der Waals surface area contributed by atoms with Crippen LogP contribution >= 0.6 is 31.9 Å². The zero-order valence-electron chi connectivity index (χ0n) is 7.78. The van der Waals surface area contributed by atoms with Crippen molar-refractivity contribution < 1.29 is 4.52 Å². The number of pyridine rings is 1. The van der Waals surface area contributed by atoms with Gasteiger partial charge in [0.05, 0.1) is 0 Å². The first-order chi connectivity index (χ1) is 7.29. The van der Waals surface area contributed by atoms with Crippen molar-refractivity contribution in [1.82, 2.24) is 10.1 Å². The minimum atomic E-state index is 0.815. The Labute approximate surface area is 104 Å². The molecule has 0 amide bonds. The van der Waals surface area contributed by atoms with Crippen LogP contribution < -0.4 is 0 Å². The molecule has 0 aromatic carbocycles. The second-order valence-electron chi connectivity index (χ2n) is 2.99. The van der Waals surface area contributed by atoms with Gasteiger partial charge in [0.2, 0.25) is 0 Å². The predicted molar refractivity (Wildman–Crippen MR) is 64.9 cm³/mol. The number of rotatable bonds is 3. The van der Waals surface area contributed by atoms with Crippen LogP contribution in [0.4, 0.5) is 0 Å². The quantitative estimate of drug-likeness (QED) is 0.639. The second kappa shape index (κ2) is 4.90. The van der Waals surface area contributed by atoms with Crippen LogP contribution in [0, 0.1) is 0 Å². The molecule has 78 valence electrons. The topological polar surface area (TPSA) is 38.9 Å². The van der Waals surface area contributed by atoms with E-state index in [4.69, 9.17) is 4.52 Å². The standard InChI is InChI=1S/C10H8Br2N2O/c11-4-3-8-5-9(14-15-8)7-1-2-10(12)13-6-7/h1-2,5-6H,3-4H2. The number of halogens is 2. The number of aryl methyl sites for hydroxylation is 1. The lowest BCUT2D eigenvalue weighted by Gasteiger charge is -1.93. The smallest absolute Gasteiger partial charge is 0.138 e. The molecule has 0 unspecified atom stereocenters. The van der Waals surface area contributed by atoms with Gasteiger partial charge in [0, 0.05) is 29.6 Å². The van der Waals surface area contributed by atoms with E-state index < -0.39 is 0 Å². The van der Waals surface area contributed by atoms with Gasteiger partial charge in [0.1, 0.15) is 16.1 Å².